The van der Waals surface area contributed by atoms with E-state index in [1.54, 1.807) is 4.68 Å². The van der Waals surface area contributed by atoms with Crippen LogP contribution in [0.4, 0.5) is 16.6 Å². The molecule has 3 aromatic rings. The van der Waals surface area contributed by atoms with Crippen LogP contribution in [0.1, 0.15) is 43.1 Å². The van der Waals surface area contributed by atoms with Crippen LogP contribution in [0, 0.1) is 6.92 Å². The molecule has 1 aromatic carbocycles. The first-order chi connectivity index (χ1) is 12.6. The Labute approximate surface area is 167 Å². The van der Waals surface area contributed by atoms with Crippen molar-refractivity contribution in [1.29, 1.82) is 0 Å². The molecule has 0 aliphatic heterocycles. The first kappa shape index (κ1) is 24.4. The molecule has 3 radical (unpaired) electrons. The van der Waals surface area contributed by atoms with Gasteiger partial charge in [-0.2, -0.15) is 5.10 Å². The van der Waals surface area contributed by atoms with Gasteiger partial charge in [0.25, 0.3) is 5.91 Å². The van der Waals surface area contributed by atoms with Crippen LogP contribution in [0.5, 0.6) is 0 Å². The van der Waals surface area contributed by atoms with E-state index in [4.69, 9.17) is 0 Å². The van der Waals surface area contributed by atoms with Crippen LogP contribution in [-0.2, 0) is 7.05 Å². The maximum Gasteiger partial charge on any atom is 0.267 e. The lowest BCUT2D eigenvalue weighted by molar-refractivity contribution is 0.103. The summed E-state index contributed by atoms with van der Waals surface area (Å²) in [5, 5.41) is 10.8. The van der Waals surface area contributed by atoms with Crippen LogP contribution in [0.15, 0.2) is 42.6 Å². The van der Waals surface area contributed by atoms with Crippen molar-refractivity contribution in [3.8, 4) is 0 Å². The molecule has 0 saturated heterocycles. The standard InChI is InChI=1S/C15H15N5OS.2C2H6.B/c1-10-13(14(21)17-11-6-4-3-5-7-11)22-15(16-10)18-12-8-9-20(2)19-12;2*1-2;/h3-9H,1-2H3,(H,17,21)(H,16,18,19);2*1-2H3;. The molecule has 0 unspecified atom stereocenters. The van der Waals surface area contributed by atoms with E-state index in [0.29, 0.717) is 21.5 Å². The summed E-state index contributed by atoms with van der Waals surface area (Å²) in [5.41, 5.74) is 1.45. The molecule has 0 aliphatic carbocycles. The van der Waals surface area contributed by atoms with Gasteiger partial charge in [-0.05, 0) is 19.1 Å². The molecule has 6 nitrogen and oxygen atoms in total. The summed E-state index contributed by atoms with van der Waals surface area (Å²) in [6.45, 7) is 9.82. The van der Waals surface area contributed by atoms with Crippen molar-refractivity contribution in [1.82, 2.24) is 14.8 Å². The molecule has 1 amide bonds. The van der Waals surface area contributed by atoms with Gasteiger partial charge in [-0.25, -0.2) is 4.98 Å². The third kappa shape index (κ3) is 7.26. The minimum atomic E-state index is -0.157. The summed E-state index contributed by atoms with van der Waals surface area (Å²) >= 11 is 1.31. The number of thiazole rings is 1. The summed E-state index contributed by atoms with van der Waals surface area (Å²) in [4.78, 5) is 17.3. The molecule has 2 N–H and O–H groups in total. The topological polar surface area (TPSA) is 71.8 Å². The second-order valence-electron chi connectivity index (χ2n) is 4.75. The maximum atomic E-state index is 12.3. The summed E-state index contributed by atoms with van der Waals surface area (Å²) in [7, 11) is 1.84. The van der Waals surface area contributed by atoms with E-state index in [0.717, 1.165) is 5.69 Å². The van der Waals surface area contributed by atoms with Gasteiger partial charge in [0.05, 0.1) is 5.69 Å². The Bertz CT molecular complexity index is 802. The van der Waals surface area contributed by atoms with Crippen LogP contribution in [0.3, 0.4) is 0 Å². The minimum Gasteiger partial charge on any atom is -0.321 e. The van der Waals surface area contributed by atoms with Crippen molar-refractivity contribution in [3.63, 3.8) is 0 Å². The van der Waals surface area contributed by atoms with E-state index in [9.17, 15) is 4.79 Å². The van der Waals surface area contributed by atoms with Crippen LogP contribution in [0.25, 0.3) is 0 Å². The molecule has 3 rings (SSSR count). The highest BCUT2D eigenvalue weighted by Crippen LogP contribution is 2.25. The average Bonchev–Trinajstić information content (AvgIpc) is 3.24. The number of aryl methyl sites for hydroxylation is 2. The number of carbonyl (C=O) groups excluding carboxylic acids is 1. The van der Waals surface area contributed by atoms with Crippen molar-refractivity contribution < 1.29 is 4.79 Å². The predicted molar refractivity (Wildman–Crippen MR) is 116 cm³/mol. The maximum absolute atomic E-state index is 12.3. The molecule has 0 atom stereocenters. The number of anilines is 3. The van der Waals surface area contributed by atoms with Crippen LogP contribution < -0.4 is 10.6 Å². The molecule has 0 saturated carbocycles. The summed E-state index contributed by atoms with van der Waals surface area (Å²) < 4.78 is 1.70. The van der Waals surface area contributed by atoms with Crippen molar-refractivity contribution in [2.24, 2.45) is 7.05 Å². The first-order valence-electron chi connectivity index (χ1n) is 8.72. The van der Waals surface area contributed by atoms with E-state index in [1.165, 1.54) is 11.3 Å². The monoisotopic (exact) mass is 384 g/mol. The molecule has 2 aromatic heterocycles. The molecule has 8 heteroatoms. The van der Waals surface area contributed by atoms with Crippen molar-refractivity contribution in [3.05, 3.63) is 53.2 Å². The van der Waals surface area contributed by atoms with Gasteiger partial charge < -0.3 is 10.6 Å². The fourth-order valence-electron chi connectivity index (χ4n) is 1.96. The van der Waals surface area contributed by atoms with E-state index in [1.807, 2.05) is 84.3 Å². The molecular formula is C19H27BN5OS. The zero-order valence-electron chi connectivity index (χ0n) is 16.8. The number of para-hydroxylation sites is 1. The largest absolute Gasteiger partial charge is 0.321 e. The third-order valence-electron chi connectivity index (χ3n) is 2.98. The number of rotatable bonds is 4. The lowest BCUT2D eigenvalue weighted by atomic mass is 10.3. The number of amides is 1. The number of hydrogen-bond acceptors (Lipinski definition) is 5. The minimum absolute atomic E-state index is 0. The van der Waals surface area contributed by atoms with Gasteiger partial charge in [0, 0.05) is 33.4 Å². The zero-order chi connectivity index (χ0) is 19.5. The molecule has 27 heavy (non-hydrogen) atoms. The predicted octanol–water partition coefficient (Wildman–Crippen LogP) is 4.85. The lowest BCUT2D eigenvalue weighted by Gasteiger charge is -2.02. The molecule has 0 fully saturated rings. The quantitative estimate of drug-likeness (QED) is 0.631. The van der Waals surface area contributed by atoms with Gasteiger partial charge in [-0.1, -0.05) is 57.2 Å². The fraction of sp³-hybridized carbons (Fsp3) is 0.316. The Morgan fingerprint density at radius 1 is 1.07 bits per heavy atom. The SMILES string of the molecule is CC.CC.Cc1nc(Nc2ccn(C)n2)sc1C(=O)Nc1ccccc1.[B]. The number of nitrogens with one attached hydrogen (secondary N) is 2. The van der Waals surface area contributed by atoms with Crippen molar-refractivity contribution in [2.75, 3.05) is 10.6 Å². The second kappa shape index (κ2) is 12.7. The Balaban J connectivity index is 0.00000127. The number of benzene rings is 1. The van der Waals surface area contributed by atoms with Gasteiger partial charge in [0.1, 0.15) is 4.88 Å². The van der Waals surface area contributed by atoms with Crippen molar-refractivity contribution in [2.45, 2.75) is 34.6 Å². The van der Waals surface area contributed by atoms with Gasteiger partial charge in [0.2, 0.25) is 0 Å². The Hall–Kier alpha value is -2.61. The van der Waals surface area contributed by atoms with E-state index >= 15 is 0 Å². The van der Waals surface area contributed by atoms with Crippen LogP contribution in [-0.4, -0.2) is 29.1 Å². The molecule has 0 aliphatic rings. The zero-order valence-corrected chi connectivity index (χ0v) is 17.6. The van der Waals surface area contributed by atoms with E-state index in [-0.39, 0.29) is 14.3 Å². The van der Waals surface area contributed by atoms with Gasteiger partial charge >= 0.3 is 0 Å². The molecule has 2 heterocycles. The molecule has 143 valence electrons. The van der Waals surface area contributed by atoms with Crippen LogP contribution >= 0.6 is 11.3 Å². The Morgan fingerprint density at radius 3 is 2.26 bits per heavy atom. The van der Waals surface area contributed by atoms with Crippen molar-refractivity contribution >= 4 is 42.3 Å². The number of aromatic nitrogens is 3. The van der Waals surface area contributed by atoms with E-state index in [2.05, 4.69) is 20.7 Å². The third-order valence-corrected chi connectivity index (χ3v) is 4.05. The molecular weight excluding hydrogens is 357 g/mol. The molecule has 0 spiro atoms. The number of hydrogen-bond donors (Lipinski definition) is 2. The average molecular weight is 384 g/mol. The van der Waals surface area contributed by atoms with E-state index < -0.39 is 0 Å². The summed E-state index contributed by atoms with van der Waals surface area (Å²) in [6.07, 6.45) is 1.84. The highest BCUT2D eigenvalue weighted by molar-refractivity contribution is 7.17. The lowest BCUT2D eigenvalue weighted by Crippen LogP contribution is -2.11. The smallest absolute Gasteiger partial charge is 0.267 e. The summed E-state index contributed by atoms with van der Waals surface area (Å²) in [5.74, 6) is 0.543. The normalized spacial score (nSPS) is 8.96. The first-order valence-corrected chi connectivity index (χ1v) is 9.54. The summed E-state index contributed by atoms with van der Waals surface area (Å²) in [6, 6.07) is 11.2. The number of nitrogens with zero attached hydrogens (tertiary/aromatic N) is 3. The second-order valence-corrected chi connectivity index (χ2v) is 5.75. The molecule has 0 bridgehead atoms. The fourth-order valence-corrected chi connectivity index (χ4v) is 2.83. The van der Waals surface area contributed by atoms with Gasteiger partial charge in [0.15, 0.2) is 10.9 Å². The van der Waals surface area contributed by atoms with Gasteiger partial charge in [-0.15, -0.1) is 0 Å². The van der Waals surface area contributed by atoms with Crippen LogP contribution in [0.2, 0.25) is 0 Å². The van der Waals surface area contributed by atoms with Gasteiger partial charge in [-0.3, -0.25) is 9.48 Å². The number of carbonyl (C=O) groups is 1. The highest BCUT2D eigenvalue weighted by Gasteiger charge is 2.16. The Kier molecular flexibility index (Phi) is 11.5. The highest BCUT2D eigenvalue weighted by atomic mass is 32.1. The Morgan fingerprint density at radius 2 is 1.70 bits per heavy atom.